The molecule has 86 valence electrons. The largest absolute Gasteiger partial charge is 0.383 e. The first-order valence-corrected chi connectivity index (χ1v) is 5.16. The lowest BCUT2D eigenvalue weighted by Gasteiger charge is -2.19. The van der Waals surface area contributed by atoms with Crippen molar-refractivity contribution in [3.8, 4) is 0 Å². The lowest BCUT2D eigenvalue weighted by Crippen LogP contribution is -2.42. The SMILES string of the molecule is COCCNC1CC(=O)N(C(C)C)C1=O. The standard InChI is InChI=1S/C10H18N2O3/c1-7(2)12-9(13)6-8(10(12)14)11-4-5-15-3/h7-8,11H,4-6H2,1-3H3. The number of carbonyl (C=O) groups excluding carboxylic acids is 2. The van der Waals surface area contributed by atoms with Crippen molar-refractivity contribution in [2.24, 2.45) is 0 Å². The van der Waals surface area contributed by atoms with Gasteiger partial charge in [0.05, 0.1) is 19.1 Å². The first-order valence-electron chi connectivity index (χ1n) is 5.16. The number of rotatable bonds is 5. The van der Waals surface area contributed by atoms with Crippen molar-refractivity contribution in [3.63, 3.8) is 0 Å². The zero-order chi connectivity index (χ0) is 11.4. The van der Waals surface area contributed by atoms with Crippen molar-refractivity contribution in [2.45, 2.75) is 32.4 Å². The van der Waals surface area contributed by atoms with Crippen LogP contribution in [0.4, 0.5) is 0 Å². The smallest absolute Gasteiger partial charge is 0.247 e. The van der Waals surface area contributed by atoms with Gasteiger partial charge < -0.3 is 10.1 Å². The molecular formula is C10H18N2O3. The van der Waals surface area contributed by atoms with Gasteiger partial charge in [-0.25, -0.2) is 0 Å². The minimum Gasteiger partial charge on any atom is -0.383 e. The molecule has 0 aliphatic carbocycles. The van der Waals surface area contributed by atoms with Crippen molar-refractivity contribution < 1.29 is 14.3 Å². The Balaban J connectivity index is 2.50. The van der Waals surface area contributed by atoms with E-state index in [-0.39, 0.29) is 30.3 Å². The van der Waals surface area contributed by atoms with Gasteiger partial charge in [-0.2, -0.15) is 0 Å². The molecule has 0 bridgehead atoms. The third-order valence-corrected chi connectivity index (χ3v) is 2.40. The predicted octanol–water partition coefficient (Wildman–Crippen LogP) is -0.242. The van der Waals surface area contributed by atoms with Crippen LogP contribution in [0.5, 0.6) is 0 Å². The van der Waals surface area contributed by atoms with E-state index in [1.807, 2.05) is 13.8 Å². The molecule has 5 heteroatoms. The maximum absolute atomic E-state index is 11.8. The van der Waals surface area contributed by atoms with Crippen LogP contribution in [0.25, 0.3) is 0 Å². The van der Waals surface area contributed by atoms with Crippen LogP contribution in [-0.2, 0) is 14.3 Å². The Morgan fingerprint density at radius 2 is 2.20 bits per heavy atom. The van der Waals surface area contributed by atoms with Crippen molar-refractivity contribution in [3.05, 3.63) is 0 Å². The Hall–Kier alpha value is -0.940. The fraction of sp³-hybridized carbons (Fsp3) is 0.800. The molecule has 0 saturated carbocycles. The van der Waals surface area contributed by atoms with E-state index in [1.165, 1.54) is 4.90 Å². The Kier molecular flexibility index (Phi) is 4.23. The average Bonchev–Trinajstić information content (AvgIpc) is 2.42. The zero-order valence-electron chi connectivity index (χ0n) is 9.45. The van der Waals surface area contributed by atoms with Crippen molar-refractivity contribution in [2.75, 3.05) is 20.3 Å². The van der Waals surface area contributed by atoms with Gasteiger partial charge >= 0.3 is 0 Å². The summed E-state index contributed by atoms with van der Waals surface area (Å²) in [5.74, 6) is -0.212. The Morgan fingerprint density at radius 1 is 1.53 bits per heavy atom. The second-order valence-electron chi connectivity index (χ2n) is 3.90. The number of methoxy groups -OCH3 is 1. The molecular weight excluding hydrogens is 196 g/mol. The number of amides is 2. The van der Waals surface area contributed by atoms with Gasteiger partial charge in [0, 0.05) is 19.7 Å². The van der Waals surface area contributed by atoms with E-state index in [0.29, 0.717) is 13.2 Å². The summed E-state index contributed by atoms with van der Waals surface area (Å²) in [6.45, 7) is 4.81. The van der Waals surface area contributed by atoms with E-state index in [4.69, 9.17) is 4.74 Å². The van der Waals surface area contributed by atoms with E-state index in [1.54, 1.807) is 7.11 Å². The summed E-state index contributed by atoms with van der Waals surface area (Å²) in [5.41, 5.74) is 0. The van der Waals surface area contributed by atoms with Crippen molar-refractivity contribution in [1.82, 2.24) is 10.2 Å². The van der Waals surface area contributed by atoms with Crippen LogP contribution >= 0.6 is 0 Å². The highest BCUT2D eigenvalue weighted by atomic mass is 16.5. The van der Waals surface area contributed by atoms with Gasteiger partial charge in [-0.05, 0) is 13.8 Å². The molecule has 0 aromatic carbocycles. The molecule has 1 aliphatic rings. The number of carbonyl (C=O) groups is 2. The summed E-state index contributed by atoms with van der Waals surface area (Å²) in [6, 6.07) is -0.422. The molecule has 1 rings (SSSR count). The minimum atomic E-state index is -0.366. The van der Waals surface area contributed by atoms with E-state index in [2.05, 4.69) is 5.32 Å². The molecule has 1 fully saturated rings. The van der Waals surface area contributed by atoms with Gasteiger partial charge in [0.25, 0.3) is 0 Å². The first kappa shape index (κ1) is 12.1. The van der Waals surface area contributed by atoms with Crippen LogP contribution in [0, 0.1) is 0 Å². The highest BCUT2D eigenvalue weighted by Gasteiger charge is 2.39. The van der Waals surface area contributed by atoms with E-state index >= 15 is 0 Å². The quantitative estimate of drug-likeness (QED) is 0.507. The van der Waals surface area contributed by atoms with Crippen LogP contribution < -0.4 is 5.32 Å². The topological polar surface area (TPSA) is 58.6 Å². The molecule has 0 radical (unpaired) electrons. The first-order chi connectivity index (χ1) is 7.07. The third kappa shape index (κ3) is 2.76. The van der Waals surface area contributed by atoms with E-state index in [9.17, 15) is 9.59 Å². The van der Waals surface area contributed by atoms with Gasteiger partial charge in [0.2, 0.25) is 11.8 Å². The fourth-order valence-corrected chi connectivity index (χ4v) is 1.69. The van der Waals surface area contributed by atoms with Crippen LogP contribution in [0.1, 0.15) is 20.3 Å². The number of imide groups is 1. The second kappa shape index (κ2) is 5.23. The lowest BCUT2D eigenvalue weighted by atomic mass is 10.2. The minimum absolute atomic E-state index is 0.0563. The maximum atomic E-state index is 11.8. The van der Waals surface area contributed by atoms with E-state index in [0.717, 1.165) is 0 Å². The van der Waals surface area contributed by atoms with Gasteiger partial charge in [0.1, 0.15) is 0 Å². The highest BCUT2D eigenvalue weighted by molar-refractivity contribution is 6.05. The molecule has 0 aromatic rings. The number of hydrogen-bond acceptors (Lipinski definition) is 4. The highest BCUT2D eigenvalue weighted by Crippen LogP contribution is 2.15. The van der Waals surface area contributed by atoms with Crippen molar-refractivity contribution >= 4 is 11.8 Å². The zero-order valence-corrected chi connectivity index (χ0v) is 9.45. The number of ether oxygens (including phenoxy) is 1. The summed E-state index contributed by atoms with van der Waals surface area (Å²) < 4.78 is 4.87. The summed E-state index contributed by atoms with van der Waals surface area (Å²) in [5, 5.41) is 3.01. The summed E-state index contributed by atoms with van der Waals surface area (Å²) in [4.78, 5) is 24.6. The number of nitrogens with zero attached hydrogens (tertiary/aromatic N) is 1. The van der Waals surface area contributed by atoms with Crippen LogP contribution in [-0.4, -0.2) is 49.1 Å². The van der Waals surface area contributed by atoms with Gasteiger partial charge in [-0.15, -0.1) is 0 Å². The van der Waals surface area contributed by atoms with E-state index < -0.39 is 0 Å². The number of hydrogen-bond donors (Lipinski definition) is 1. The van der Waals surface area contributed by atoms with Crippen LogP contribution in [0.3, 0.4) is 0 Å². The molecule has 1 heterocycles. The van der Waals surface area contributed by atoms with Gasteiger partial charge in [0.15, 0.2) is 0 Å². The van der Waals surface area contributed by atoms with Crippen LogP contribution in [0.2, 0.25) is 0 Å². The molecule has 1 atom stereocenters. The molecule has 1 saturated heterocycles. The normalized spacial score (nSPS) is 21.9. The molecule has 0 spiro atoms. The van der Waals surface area contributed by atoms with Crippen LogP contribution in [0.15, 0.2) is 0 Å². The van der Waals surface area contributed by atoms with Gasteiger partial charge in [-0.3, -0.25) is 14.5 Å². The second-order valence-corrected chi connectivity index (χ2v) is 3.90. The average molecular weight is 214 g/mol. The van der Waals surface area contributed by atoms with Crippen molar-refractivity contribution in [1.29, 1.82) is 0 Å². The third-order valence-electron chi connectivity index (χ3n) is 2.40. The number of likely N-dealkylation sites (tertiary alicyclic amines) is 1. The van der Waals surface area contributed by atoms with Gasteiger partial charge in [-0.1, -0.05) is 0 Å². The Labute approximate surface area is 89.8 Å². The fourth-order valence-electron chi connectivity index (χ4n) is 1.69. The summed E-state index contributed by atoms with van der Waals surface area (Å²) in [7, 11) is 1.60. The molecule has 1 N–H and O–H groups in total. The molecule has 1 unspecified atom stereocenters. The molecule has 2 amide bonds. The Morgan fingerprint density at radius 3 is 2.67 bits per heavy atom. The summed E-state index contributed by atoms with van der Waals surface area (Å²) in [6.07, 6.45) is 0.265. The Bertz CT molecular complexity index is 253. The molecule has 15 heavy (non-hydrogen) atoms. The molecule has 0 aromatic heterocycles. The maximum Gasteiger partial charge on any atom is 0.247 e. The lowest BCUT2D eigenvalue weighted by molar-refractivity contribution is -0.140. The monoisotopic (exact) mass is 214 g/mol. The number of nitrogens with one attached hydrogen (secondary N) is 1. The molecule has 5 nitrogen and oxygen atoms in total. The molecule has 1 aliphatic heterocycles. The predicted molar refractivity (Wildman–Crippen MR) is 55.3 cm³/mol. The summed E-state index contributed by atoms with van der Waals surface area (Å²) >= 11 is 0.